The number of hydrogen-bond donors (Lipinski definition) is 1. The zero-order chi connectivity index (χ0) is 8.53. The van der Waals surface area contributed by atoms with Gasteiger partial charge in [-0.1, -0.05) is 22.6 Å². The minimum Gasteiger partial charge on any atom is -0.385 e. The van der Waals surface area contributed by atoms with Crippen molar-refractivity contribution in [3.8, 4) is 0 Å². The summed E-state index contributed by atoms with van der Waals surface area (Å²) in [6, 6.07) is 0. The molecule has 0 aliphatic heterocycles. The van der Waals surface area contributed by atoms with Crippen LogP contribution in [0.1, 0.15) is 12.8 Å². The fraction of sp³-hybridized carbons (Fsp3) is 0.750. The van der Waals surface area contributed by atoms with Crippen LogP contribution in [0.25, 0.3) is 0 Å². The standard InChI is InChI=1S/C8H14INO/c1-11-7-4-8(2-5-9)3-6-10/h3,8,10H,2,4-5,7H2,1H3/t8-/m0/s1. The molecule has 0 aromatic carbocycles. The monoisotopic (exact) mass is 267 g/mol. The zero-order valence-corrected chi connectivity index (χ0v) is 8.93. The summed E-state index contributed by atoms with van der Waals surface area (Å²) in [5, 5.41) is 6.80. The van der Waals surface area contributed by atoms with Crippen molar-refractivity contribution in [2.75, 3.05) is 18.1 Å². The lowest BCUT2D eigenvalue weighted by Crippen LogP contribution is -2.02. The maximum absolute atomic E-state index is 6.80. The molecule has 0 heterocycles. The molecule has 1 atom stereocenters. The van der Waals surface area contributed by atoms with Crippen LogP contribution in [-0.4, -0.2) is 24.0 Å². The Hall–Kier alpha value is 0.140. The molecule has 0 unspecified atom stereocenters. The van der Waals surface area contributed by atoms with Crippen molar-refractivity contribution < 1.29 is 4.74 Å². The number of hydrogen-bond acceptors (Lipinski definition) is 2. The zero-order valence-electron chi connectivity index (χ0n) is 6.77. The molecule has 0 bridgehead atoms. The molecule has 0 fully saturated rings. The maximum Gasteiger partial charge on any atom is 0.0468 e. The fourth-order valence-electron chi connectivity index (χ4n) is 0.838. The van der Waals surface area contributed by atoms with Crippen molar-refractivity contribution in [3.63, 3.8) is 0 Å². The van der Waals surface area contributed by atoms with Gasteiger partial charge in [-0.25, -0.2) is 0 Å². The molecule has 0 saturated heterocycles. The van der Waals surface area contributed by atoms with Gasteiger partial charge in [0.25, 0.3) is 0 Å². The van der Waals surface area contributed by atoms with E-state index in [9.17, 15) is 0 Å². The van der Waals surface area contributed by atoms with Gasteiger partial charge in [0, 0.05) is 18.1 Å². The topological polar surface area (TPSA) is 33.1 Å². The molecule has 0 aromatic heterocycles. The molecule has 0 rings (SSSR count). The Morgan fingerprint density at radius 1 is 1.64 bits per heavy atom. The predicted molar refractivity (Wildman–Crippen MR) is 55.8 cm³/mol. The Balaban J connectivity index is 3.59. The van der Waals surface area contributed by atoms with E-state index in [2.05, 4.69) is 28.5 Å². The first-order valence-electron chi connectivity index (χ1n) is 3.65. The third-order valence-electron chi connectivity index (χ3n) is 1.49. The third kappa shape index (κ3) is 6.53. The van der Waals surface area contributed by atoms with E-state index in [0.29, 0.717) is 5.92 Å². The van der Waals surface area contributed by atoms with E-state index in [1.165, 1.54) is 0 Å². The van der Waals surface area contributed by atoms with Crippen LogP contribution in [0, 0.1) is 11.3 Å². The molecule has 0 radical (unpaired) electrons. The summed E-state index contributed by atoms with van der Waals surface area (Å²) in [5.74, 6) is 2.80. The molecular weight excluding hydrogens is 253 g/mol. The van der Waals surface area contributed by atoms with Crippen molar-refractivity contribution in [2.45, 2.75) is 12.8 Å². The molecule has 0 amide bonds. The highest BCUT2D eigenvalue weighted by Gasteiger charge is 2.02. The predicted octanol–water partition coefficient (Wildman–Crippen LogP) is 2.27. The normalized spacial score (nSPS) is 12.2. The summed E-state index contributed by atoms with van der Waals surface area (Å²) in [5.41, 5.74) is 0. The Kier molecular flexibility index (Phi) is 8.34. The van der Waals surface area contributed by atoms with Gasteiger partial charge in [-0.3, -0.25) is 5.41 Å². The van der Waals surface area contributed by atoms with Crippen LogP contribution in [0.5, 0.6) is 0 Å². The van der Waals surface area contributed by atoms with Crippen molar-refractivity contribution in [2.24, 2.45) is 5.92 Å². The number of methoxy groups -OCH3 is 1. The highest BCUT2D eigenvalue weighted by Crippen LogP contribution is 2.10. The third-order valence-corrected chi connectivity index (χ3v) is 2.11. The van der Waals surface area contributed by atoms with E-state index in [1.807, 2.05) is 6.08 Å². The van der Waals surface area contributed by atoms with Crippen LogP contribution in [0.3, 0.4) is 0 Å². The Morgan fingerprint density at radius 2 is 2.36 bits per heavy atom. The minimum atomic E-state index is 0.476. The van der Waals surface area contributed by atoms with Crippen LogP contribution < -0.4 is 0 Å². The molecule has 0 spiro atoms. The summed E-state index contributed by atoms with van der Waals surface area (Å²) >= 11 is 2.34. The molecule has 3 heteroatoms. The first-order valence-corrected chi connectivity index (χ1v) is 5.18. The second-order valence-electron chi connectivity index (χ2n) is 2.33. The average molecular weight is 267 g/mol. The molecule has 0 aliphatic carbocycles. The van der Waals surface area contributed by atoms with Crippen molar-refractivity contribution in [1.29, 1.82) is 5.41 Å². The van der Waals surface area contributed by atoms with E-state index in [4.69, 9.17) is 10.1 Å². The Morgan fingerprint density at radius 3 is 2.82 bits per heavy atom. The quantitative estimate of drug-likeness (QED) is 0.447. The first kappa shape index (κ1) is 11.1. The van der Waals surface area contributed by atoms with Crippen LogP contribution in [0.15, 0.2) is 6.08 Å². The highest BCUT2D eigenvalue weighted by atomic mass is 127. The summed E-state index contributed by atoms with van der Waals surface area (Å²) < 4.78 is 6.08. The average Bonchev–Trinajstić information content (AvgIpc) is 2.01. The van der Waals surface area contributed by atoms with Crippen LogP contribution in [0.2, 0.25) is 0 Å². The summed E-state index contributed by atoms with van der Waals surface area (Å²) in [6.45, 7) is 0.777. The minimum absolute atomic E-state index is 0.476. The number of rotatable bonds is 6. The van der Waals surface area contributed by atoms with Crippen molar-refractivity contribution in [1.82, 2.24) is 0 Å². The molecule has 2 nitrogen and oxygen atoms in total. The second-order valence-corrected chi connectivity index (χ2v) is 3.41. The van der Waals surface area contributed by atoms with Gasteiger partial charge in [0.2, 0.25) is 0 Å². The largest absolute Gasteiger partial charge is 0.385 e. The molecule has 1 N–H and O–H groups in total. The van der Waals surface area contributed by atoms with Crippen LogP contribution in [0.4, 0.5) is 0 Å². The van der Waals surface area contributed by atoms with Gasteiger partial charge >= 0.3 is 0 Å². The van der Waals surface area contributed by atoms with E-state index in [-0.39, 0.29) is 0 Å². The molecular formula is C8H14INO. The van der Waals surface area contributed by atoms with Gasteiger partial charge < -0.3 is 4.74 Å². The molecule has 64 valence electrons. The lowest BCUT2D eigenvalue weighted by Gasteiger charge is -2.07. The first-order chi connectivity index (χ1) is 5.35. The highest BCUT2D eigenvalue weighted by molar-refractivity contribution is 14.1. The maximum atomic E-state index is 6.80. The Bertz CT molecular complexity index is 132. The lowest BCUT2D eigenvalue weighted by atomic mass is 10.0. The van der Waals surface area contributed by atoms with Crippen molar-refractivity contribution in [3.05, 3.63) is 6.08 Å². The number of alkyl halides is 1. The van der Waals surface area contributed by atoms with E-state index < -0.39 is 0 Å². The Labute approximate surface area is 81.7 Å². The van der Waals surface area contributed by atoms with E-state index in [0.717, 1.165) is 23.9 Å². The molecule has 0 saturated carbocycles. The summed E-state index contributed by atoms with van der Waals surface area (Å²) in [6.07, 6.45) is 3.94. The van der Waals surface area contributed by atoms with E-state index >= 15 is 0 Å². The molecule has 0 aromatic rings. The van der Waals surface area contributed by atoms with Gasteiger partial charge in [-0.2, -0.15) is 0 Å². The van der Waals surface area contributed by atoms with Gasteiger partial charge in [0.1, 0.15) is 0 Å². The summed E-state index contributed by atoms with van der Waals surface area (Å²) in [7, 11) is 1.70. The van der Waals surface area contributed by atoms with Crippen LogP contribution in [-0.2, 0) is 4.74 Å². The van der Waals surface area contributed by atoms with E-state index in [1.54, 1.807) is 7.11 Å². The molecule has 0 aliphatic rings. The molecule has 11 heavy (non-hydrogen) atoms. The number of halogens is 1. The SMILES string of the molecule is COCC[C@H](C=C=N)CCI. The second kappa shape index (κ2) is 8.24. The van der Waals surface area contributed by atoms with Crippen molar-refractivity contribution >= 4 is 28.5 Å². The number of nitrogens with one attached hydrogen (secondary N) is 1. The number of ether oxygens (including phenoxy) is 1. The summed E-state index contributed by atoms with van der Waals surface area (Å²) in [4.78, 5) is 0. The van der Waals surface area contributed by atoms with Gasteiger partial charge in [-0.05, 0) is 30.7 Å². The lowest BCUT2D eigenvalue weighted by molar-refractivity contribution is 0.184. The van der Waals surface area contributed by atoms with Gasteiger partial charge in [0.05, 0.1) is 0 Å². The van der Waals surface area contributed by atoms with Gasteiger partial charge in [0.15, 0.2) is 0 Å². The van der Waals surface area contributed by atoms with Crippen LogP contribution >= 0.6 is 22.6 Å². The fourth-order valence-corrected chi connectivity index (χ4v) is 1.64. The smallest absolute Gasteiger partial charge is 0.0468 e. The number of allylic oxidation sites excluding steroid dienone is 1. The van der Waals surface area contributed by atoms with Gasteiger partial charge in [-0.15, -0.1) is 0 Å².